The Kier molecular flexibility index (Phi) is 2.64. The number of rotatable bonds is 3. The number of thiazole rings is 1. The molecule has 88 valence electrons. The number of benzene rings is 1. The minimum absolute atomic E-state index is 0.0387. The summed E-state index contributed by atoms with van der Waals surface area (Å²) in [5.74, 6) is -1.15. The van der Waals surface area contributed by atoms with Crippen LogP contribution in [0.4, 0.5) is 5.69 Å². The van der Waals surface area contributed by atoms with E-state index in [2.05, 4.69) is 4.98 Å². The van der Waals surface area contributed by atoms with Gasteiger partial charge >= 0.3 is 11.7 Å². The van der Waals surface area contributed by atoms with Gasteiger partial charge in [0.2, 0.25) is 5.01 Å². The molecule has 1 heterocycles. The Labute approximate surface area is 98.4 Å². The van der Waals surface area contributed by atoms with Crippen LogP contribution < -0.4 is 4.74 Å². The molecule has 0 bridgehead atoms. The number of nitro groups is 1. The minimum atomic E-state index is -1.21. The lowest BCUT2D eigenvalue weighted by molar-refractivity contribution is -0.384. The first-order valence-electron chi connectivity index (χ1n) is 4.40. The predicted octanol–water partition coefficient (Wildman–Crippen LogP) is 1.91. The number of carboxylic acid groups (broad SMARTS) is 1. The molecule has 0 saturated heterocycles. The second kappa shape index (κ2) is 3.98. The normalized spacial score (nSPS) is 10.4. The molecule has 0 atom stereocenters. The van der Waals surface area contributed by atoms with Crippen LogP contribution in [0, 0.1) is 10.1 Å². The molecule has 0 unspecified atom stereocenters. The van der Waals surface area contributed by atoms with Gasteiger partial charge in [-0.15, -0.1) is 11.3 Å². The number of hydrogen-bond donors (Lipinski definition) is 1. The van der Waals surface area contributed by atoms with E-state index in [1.807, 2.05) is 0 Å². The molecule has 17 heavy (non-hydrogen) atoms. The van der Waals surface area contributed by atoms with Crippen LogP contribution in [0.5, 0.6) is 5.75 Å². The molecule has 0 radical (unpaired) electrons. The first kappa shape index (κ1) is 11.3. The van der Waals surface area contributed by atoms with Crippen molar-refractivity contribution in [2.45, 2.75) is 0 Å². The first-order chi connectivity index (χ1) is 8.04. The van der Waals surface area contributed by atoms with Crippen molar-refractivity contribution in [2.24, 2.45) is 0 Å². The van der Waals surface area contributed by atoms with E-state index in [-0.39, 0.29) is 22.0 Å². The van der Waals surface area contributed by atoms with Crippen LogP contribution in [-0.2, 0) is 0 Å². The van der Waals surface area contributed by atoms with Crippen LogP contribution in [0.2, 0.25) is 0 Å². The third-order valence-corrected chi connectivity index (χ3v) is 3.09. The lowest BCUT2D eigenvalue weighted by Crippen LogP contribution is -1.96. The Bertz CT molecular complexity index is 621. The van der Waals surface area contributed by atoms with E-state index in [0.717, 1.165) is 11.3 Å². The van der Waals surface area contributed by atoms with Crippen LogP contribution in [0.3, 0.4) is 0 Å². The largest absolute Gasteiger partial charge is 0.490 e. The van der Waals surface area contributed by atoms with Crippen LogP contribution in [-0.4, -0.2) is 28.1 Å². The van der Waals surface area contributed by atoms with E-state index in [1.54, 1.807) is 6.07 Å². The van der Waals surface area contributed by atoms with Crippen molar-refractivity contribution >= 4 is 33.2 Å². The van der Waals surface area contributed by atoms with Crippen molar-refractivity contribution in [3.8, 4) is 5.75 Å². The summed E-state index contributed by atoms with van der Waals surface area (Å²) in [4.78, 5) is 24.8. The molecule has 7 nitrogen and oxygen atoms in total. The number of nitro benzene ring substituents is 1. The van der Waals surface area contributed by atoms with Crippen molar-refractivity contribution in [3.05, 3.63) is 27.3 Å². The van der Waals surface area contributed by atoms with Crippen LogP contribution >= 0.6 is 11.3 Å². The Morgan fingerprint density at radius 2 is 2.29 bits per heavy atom. The summed E-state index contributed by atoms with van der Waals surface area (Å²) in [6.45, 7) is 0. The van der Waals surface area contributed by atoms with E-state index >= 15 is 0 Å². The van der Waals surface area contributed by atoms with E-state index in [4.69, 9.17) is 9.84 Å². The molecule has 0 aliphatic heterocycles. The van der Waals surface area contributed by atoms with Gasteiger partial charge in [0, 0.05) is 0 Å². The zero-order chi connectivity index (χ0) is 12.6. The number of carboxylic acids is 1. The number of hydrogen-bond acceptors (Lipinski definition) is 6. The Morgan fingerprint density at radius 3 is 2.82 bits per heavy atom. The quantitative estimate of drug-likeness (QED) is 0.662. The van der Waals surface area contributed by atoms with Gasteiger partial charge in [-0.05, 0) is 12.1 Å². The molecule has 2 aromatic rings. The van der Waals surface area contributed by atoms with Gasteiger partial charge in [0.25, 0.3) is 0 Å². The maximum absolute atomic E-state index is 10.9. The Hall–Kier alpha value is -2.22. The molecule has 0 amide bonds. The summed E-state index contributed by atoms with van der Waals surface area (Å²) in [6, 6.07) is 2.97. The van der Waals surface area contributed by atoms with E-state index in [0.29, 0.717) is 4.70 Å². The molecule has 2 rings (SSSR count). The molecule has 0 aliphatic rings. The van der Waals surface area contributed by atoms with E-state index in [9.17, 15) is 14.9 Å². The maximum Gasteiger partial charge on any atom is 0.365 e. The highest BCUT2D eigenvalue weighted by Crippen LogP contribution is 2.37. The molecule has 1 aromatic heterocycles. The monoisotopic (exact) mass is 254 g/mol. The van der Waals surface area contributed by atoms with Gasteiger partial charge in [-0.25, -0.2) is 9.78 Å². The van der Waals surface area contributed by atoms with Gasteiger partial charge in [0.1, 0.15) is 0 Å². The zero-order valence-electron chi connectivity index (χ0n) is 8.54. The van der Waals surface area contributed by atoms with Crippen LogP contribution in [0.15, 0.2) is 12.1 Å². The van der Waals surface area contributed by atoms with Gasteiger partial charge < -0.3 is 9.84 Å². The number of carbonyl (C=O) groups is 1. The smallest absolute Gasteiger partial charge is 0.365 e. The fourth-order valence-electron chi connectivity index (χ4n) is 1.39. The van der Waals surface area contributed by atoms with E-state index in [1.165, 1.54) is 13.2 Å². The van der Waals surface area contributed by atoms with Crippen molar-refractivity contribution in [1.29, 1.82) is 0 Å². The Morgan fingerprint density at radius 1 is 1.59 bits per heavy atom. The summed E-state index contributed by atoms with van der Waals surface area (Å²) >= 11 is 0.885. The molecule has 0 spiro atoms. The Balaban J connectivity index is 2.80. The molecular formula is C9H6N2O5S. The molecule has 8 heteroatoms. The fourth-order valence-corrected chi connectivity index (χ4v) is 2.20. The standard InChI is InChI=1S/C9H6N2O5S/c1-16-4-2-3-5-6(7(4)11(14)15)10-8(17-5)9(12)13/h2-3H,1H3,(H,12,13). The topological polar surface area (TPSA) is 103 Å². The number of nitrogens with zero attached hydrogens (tertiary/aromatic N) is 2. The molecule has 1 aromatic carbocycles. The summed E-state index contributed by atoms with van der Waals surface area (Å²) in [5, 5.41) is 19.5. The van der Waals surface area contributed by atoms with Gasteiger partial charge in [-0.3, -0.25) is 10.1 Å². The number of fused-ring (bicyclic) bond motifs is 1. The second-order valence-electron chi connectivity index (χ2n) is 3.04. The zero-order valence-corrected chi connectivity index (χ0v) is 9.35. The van der Waals surface area contributed by atoms with Crippen LogP contribution in [0.1, 0.15) is 9.80 Å². The molecular weight excluding hydrogens is 248 g/mol. The van der Waals surface area contributed by atoms with E-state index < -0.39 is 10.9 Å². The predicted molar refractivity (Wildman–Crippen MR) is 59.8 cm³/mol. The first-order valence-corrected chi connectivity index (χ1v) is 5.21. The highest BCUT2D eigenvalue weighted by molar-refractivity contribution is 7.20. The highest BCUT2D eigenvalue weighted by Gasteiger charge is 2.24. The van der Waals surface area contributed by atoms with Gasteiger partial charge in [-0.1, -0.05) is 0 Å². The lowest BCUT2D eigenvalue weighted by atomic mass is 10.2. The fraction of sp³-hybridized carbons (Fsp3) is 0.111. The minimum Gasteiger partial charge on any atom is -0.490 e. The maximum atomic E-state index is 10.9. The number of methoxy groups -OCH3 is 1. The average Bonchev–Trinajstić information content (AvgIpc) is 2.70. The van der Waals surface area contributed by atoms with Gasteiger partial charge in [-0.2, -0.15) is 0 Å². The lowest BCUT2D eigenvalue weighted by Gasteiger charge is -2.00. The van der Waals surface area contributed by atoms with Crippen molar-refractivity contribution < 1.29 is 19.6 Å². The molecule has 0 aliphatic carbocycles. The van der Waals surface area contributed by atoms with Crippen molar-refractivity contribution in [3.63, 3.8) is 0 Å². The summed E-state index contributed by atoms with van der Waals surface area (Å²) in [7, 11) is 1.30. The molecule has 1 N–H and O–H groups in total. The van der Waals surface area contributed by atoms with Crippen LogP contribution in [0.25, 0.3) is 10.2 Å². The van der Waals surface area contributed by atoms with Crippen molar-refractivity contribution in [1.82, 2.24) is 4.98 Å². The van der Waals surface area contributed by atoms with Gasteiger partial charge in [0.15, 0.2) is 11.3 Å². The summed E-state index contributed by atoms with van der Waals surface area (Å²) in [6.07, 6.45) is 0. The second-order valence-corrected chi connectivity index (χ2v) is 4.08. The summed E-state index contributed by atoms with van der Waals surface area (Å²) < 4.78 is 5.30. The van der Waals surface area contributed by atoms with Gasteiger partial charge in [0.05, 0.1) is 16.7 Å². The highest BCUT2D eigenvalue weighted by atomic mass is 32.1. The molecule has 0 saturated carbocycles. The third-order valence-electron chi connectivity index (χ3n) is 2.08. The third kappa shape index (κ3) is 1.78. The SMILES string of the molecule is COc1ccc2sc(C(=O)O)nc2c1[N+](=O)[O-]. The van der Waals surface area contributed by atoms with Crippen molar-refractivity contribution in [2.75, 3.05) is 7.11 Å². The number of aromatic carboxylic acids is 1. The average molecular weight is 254 g/mol. The number of aromatic nitrogens is 1. The molecule has 0 fully saturated rings. The summed E-state index contributed by atoms with van der Waals surface area (Å²) in [5.41, 5.74) is -0.273. The number of ether oxygens (including phenoxy) is 1.